The van der Waals surface area contributed by atoms with Gasteiger partial charge in [0.1, 0.15) is 5.82 Å². The molecule has 18 heavy (non-hydrogen) atoms. The zero-order valence-electron chi connectivity index (χ0n) is 11.4. The lowest BCUT2D eigenvalue weighted by Crippen LogP contribution is -2.35. The van der Waals surface area contributed by atoms with Crippen molar-refractivity contribution < 1.29 is 0 Å². The van der Waals surface area contributed by atoms with Gasteiger partial charge in [-0.05, 0) is 37.3 Å². The Balaban J connectivity index is 2.09. The maximum Gasteiger partial charge on any atom is 0.128 e. The van der Waals surface area contributed by atoms with Crippen LogP contribution in [0.1, 0.15) is 46.0 Å². The molecule has 1 fully saturated rings. The molecular weight excluding hydrogens is 244 g/mol. The maximum atomic E-state index is 5.92. The fraction of sp³-hybridized carbons (Fsp3) is 0.667. The van der Waals surface area contributed by atoms with Crippen LogP contribution in [0.3, 0.4) is 0 Å². The minimum absolute atomic E-state index is 0.678. The van der Waals surface area contributed by atoms with Crippen molar-refractivity contribution in [2.45, 2.75) is 52.0 Å². The zero-order valence-corrected chi connectivity index (χ0v) is 12.2. The van der Waals surface area contributed by atoms with E-state index in [0.717, 1.165) is 18.3 Å². The van der Waals surface area contributed by atoms with Crippen LogP contribution in [0.5, 0.6) is 0 Å². The first-order valence-corrected chi connectivity index (χ1v) is 7.43. The highest BCUT2D eigenvalue weighted by molar-refractivity contribution is 6.30. The van der Waals surface area contributed by atoms with Crippen LogP contribution in [0, 0.1) is 5.92 Å². The van der Waals surface area contributed by atoms with Gasteiger partial charge in [-0.1, -0.05) is 38.3 Å². The number of halogens is 1. The Hall–Kier alpha value is -0.760. The van der Waals surface area contributed by atoms with Gasteiger partial charge in [0.05, 0.1) is 5.02 Å². The molecule has 1 heterocycles. The van der Waals surface area contributed by atoms with Crippen LogP contribution in [0.25, 0.3) is 0 Å². The summed E-state index contributed by atoms with van der Waals surface area (Å²) in [4.78, 5) is 6.98. The Morgan fingerprint density at radius 3 is 2.61 bits per heavy atom. The molecule has 0 aromatic carbocycles. The molecule has 0 aliphatic heterocycles. The normalized spacial score (nSPS) is 16.4. The smallest absolute Gasteiger partial charge is 0.128 e. The molecule has 1 saturated carbocycles. The van der Waals surface area contributed by atoms with Crippen LogP contribution in [-0.4, -0.2) is 17.6 Å². The molecule has 3 heteroatoms. The van der Waals surface area contributed by atoms with Gasteiger partial charge in [0.25, 0.3) is 0 Å². The molecule has 0 unspecified atom stereocenters. The lowest BCUT2D eigenvalue weighted by Gasteiger charge is -2.30. The van der Waals surface area contributed by atoms with Gasteiger partial charge >= 0.3 is 0 Å². The van der Waals surface area contributed by atoms with Gasteiger partial charge in [-0.25, -0.2) is 4.98 Å². The van der Waals surface area contributed by atoms with Gasteiger partial charge in [-0.3, -0.25) is 0 Å². The van der Waals surface area contributed by atoms with Crippen molar-refractivity contribution in [3.63, 3.8) is 0 Å². The predicted molar refractivity (Wildman–Crippen MR) is 78.3 cm³/mol. The average Bonchev–Trinajstić information content (AvgIpc) is 2.85. The fourth-order valence-corrected chi connectivity index (χ4v) is 2.75. The molecule has 2 rings (SSSR count). The van der Waals surface area contributed by atoms with E-state index < -0.39 is 0 Å². The molecule has 0 radical (unpaired) electrons. The summed E-state index contributed by atoms with van der Waals surface area (Å²) in [6.07, 6.45) is 8.31. The van der Waals surface area contributed by atoms with E-state index in [0.29, 0.717) is 11.1 Å². The number of nitrogens with zero attached hydrogens (tertiary/aromatic N) is 2. The number of hydrogen-bond donors (Lipinski definition) is 0. The summed E-state index contributed by atoms with van der Waals surface area (Å²) in [6, 6.07) is 4.68. The van der Waals surface area contributed by atoms with E-state index in [-0.39, 0.29) is 0 Å². The molecule has 0 saturated heterocycles. The SMILES string of the molecule is CC(C)CCN(c1ccc(Cl)cn1)C1CCCC1. The maximum absolute atomic E-state index is 5.92. The molecule has 0 amide bonds. The second-order valence-corrected chi connectivity index (χ2v) is 6.09. The Labute approximate surface area is 115 Å². The number of rotatable bonds is 5. The monoisotopic (exact) mass is 266 g/mol. The summed E-state index contributed by atoms with van der Waals surface area (Å²) in [7, 11) is 0. The second-order valence-electron chi connectivity index (χ2n) is 5.65. The van der Waals surface area contributed by atoms with Gasteiger partial charge in [-0.15, -0.1) is 0 Å². The van der Waals surface area contributed by atoms with Crippen LogP contribution in [0.15, 0.2) is 18.3 Å². The minimum Gasteiger partial charge on any atom is -0.354 e. The number of anilines is 1. The summed E-state index contributed by atoms with van der Waals surface area (Å²) in [5.74, 6) is 1.83. The number of pyridine rings is 1. The highest BCUT2D eigenvalue weighted by Crippen LogP contribution is 2.28. The summed E-state index contributed by atoms with van der Waals surface area (Å²) in [5, 5.41) is 0.717. The highest BCUT2D eigenvalue weighted by Gasteiger charge is 2.23. The number of aromatic nitrogens is 1. The Kier molecular flexibility index (Phi) is 4.87. The Morgan fingerprint density at radius 1 is 1.33 bits per heavy atom. The molecular formula is C15H23ClN2. The molecule has 0 spiro atoms. The zero-order chi connectivity index (χ0) is 13.0. The van der Waals surface area contributed by atoms with E-state index in [1.807, 2.05) is 6.07 Å². The average molecular weight is 267 g/mol. The minimum atomic E-state index is 0.678. The summed E-state index contributed by atoms with van der Waals surface area (Å²) in [5.41, 5.74) is 0. The summed E-state index contributed by atoms with van der Waals surface area (Å²) >= 11 is 5.92. The van der Waals surface area contributed by atoms with Gasteiger partial charge in [0.15, 0.2) is 0 Å². The van der Waals surface area contributed by atoms with Crippen molar-refractivity contribution in [2.75, 3.05) is 11.4 Å². The van der Waals surface area contributed by atoms with Gasteiger partial charge < -0.3 is 4.90 Å². The van der Waals surface area contributed by atoms with E-state index in [2.05, 4.69) is 29.8 Å². The molecule has 0 atom stereocenters. The molecule has 1 aromatic rings. The third-order valence-corrected chi connectivity index (χ3v) is 3.94. The van der Waals surface area contributed by atoms with E-state index in [9.17, 15) is 0 Å². The van der Waals surface area contributed by atoms with Crippen molar-refractivity contribution in [3.05, 3.63) is 23.4 Å². The van der Waals surface area contributed by atoms with Crippen LogP contribution >= 0.6 is 11.6 Å². The van der Waals surface area contributed by atoms with Crippen molar-refractivity contribution in [1.82, 2.24) is 4.98 Å². The predicted octanol–water partition coefficient (Wildman–Crippen LogP) is 4.53. The molecule has 0 N–H and O–H groups in total. The second kappa shape index (κ2) is 6.42. The van der Waals surface area contributed by atoms with E-state index >= 15 is 0 Å². The first kappa shape index (κ1) is 13.7. The first-order chi connectivity index (χ1) is 8.66. The van der Waals surface area contributed by atoms with Crippen LogP contribution in [-0.2, 0) is 0 Å². The molecule has 100 valence electrons. The standard InChI is InChI=1S/C15H23ClN2/c1-12(2)9-10-18(14-5-3-4-6-14)15-8-7-13(16)11-17-15/h7-8,11-12,14H,3-6,9-10H2,1-2H3. The first-order valence-electron chi connectivity index (χ1n) is 7.05. The third-order valence-electron chi connectivity index (χ3n) is 3.72. The van der Waals surface area contributed by atoms with Gasteiger partial charge in [-0.2, -0.15) is 0 Å². The summed E-state index contributed by atoms with van der Waals surface area (Å²) < 4.78 is 0. The molecule has 2 nitrogen and oxygen atoms in total. The lowest BCUT2D eigenvalue weighted by atomic mass is 10.1. The van der Waals surface area contributed by atoms with Crippen molar-refractivity contribution in [2.24, 2.45) is 5.92 Å². The van der Waals surface area contributed by atoms with E-state index in [1.54, 1.807) is 6.20 Å². The van der Waals surface area contributed by atoms with Gasteiger partial charge in [0, 0.05) is 18.8 Å². The fourth-order valence-electron chi connectivity index (χ4n) is 2.64. The van der Waals surface area contributed by atoms with Gasteiger partial charge in [0.2, 0.25) is 0 Å². The molecule has 0 bridgehead atoms. The third kappa shape index (κ3) is 3.61. The highest BCUT2D eigenvalue weighted by atomic mass is 35.5. The molecule has 1 aliphatic rings. The van der Waals surface area contributed by atoms with Crippen molar-refractivity contribution >= 4 is 17.4 Å². The topological polar surface area (TPSA) is 16.1 Å². The largest absolute Gasteiger partial charge is 0.354 e. The lowest BCUT2D eigenvalue weighted by molar-refractivity contribution is 0.525. The summed E-state index contributed by atoms with van der Waals surface area (Å²) in [6.45, 7) is 5.67. The Morgan fingerprint density at radius 2 is 2.06 bits per heavy atom. The number of hydrogen-bond acceptors (Lipinski definition) is 2. The van der Waals surface area contributed by atoms with E-state index in [1.165, 1.54) is 32.1 Å². The molecule has 1 aliphatic carbocycles. The van der Waals surface area contributed by atoms with Crippen LogP contribution in [0.2, 0.25) is 5.02 Å². The van der Waals surface area contributed by atoms with Crippen LogP contribution in [0.4, 0.5) is 5.82 Å². The van der Waals surface area contributed by atoms with Crippen molar-refractivity contribution in [1.29, 1.82) is 0 Å². The quantitative estimate of drug-likeness (QED) is 0.778. The van der Waals surface area contributed by atoms with Crippen LogP contribution < -0.4 is 4.90 Å². The van der Waals surface area contributed by atoms with E-state index in [4.69, 9.17) is 11.6 Å². The Bertz CT molecular complexity index is 355. The molecule has 1 aromatic heterocycles. The van der Waals surface area contributed by atoms with Crippen molar-refractivity contribution in [3.8, 4) is 0 Å².